The Balaban J connectivity index is 1.84. The summed E-state index contributed by atoms with van der Waals surface area (Å²) in [4.78, 5) is 2.42. The van der Waals surface area contributed by atoms with E-state index >= 15 is 0 Å². The molecule has 1 unspecified atom stereocenters. The Morgan fingerprint density at radius 2 is 1.80 bits per heavy atom. The lowest BCUT2D eigenvalue weighted by atomic mass is 9.78. The van der Waals surface area contributed by atoms with Crippen LogP contribution in [-0.2, 0) is 12.8 Å². The Bertz CT molecular complexity index is 419. The van der Waals surface area contributed by atoms with Crippen LogP contribution in [0.5, 0.6) is 0 Å². The number of aryl methyl sites for hydroxylation is 1. The minimum absolute atomic E-state index is 0.0146. The van der Waals surface area contributed by atoms with E-state index in [1.54, 1.807) is 11.3 Å². The molecule has 2 rings (SSSR count). The van der Waals surface area contributed by atoms with Crippen molar-refractivity contribution in [2.45, 2.75) is 57.7 Å². The van der Waals surface area contributed by atoms with Gasteiger partial charge in [-0.1, -0.05) is 6.92 Å². The van der Waals surface area contributed by atoms with Crippen LogP contribution >= 0.6 is 11.3 Å². The smallest absolute Gasteiger partial charge is 0.391 e. The van der Waals surface area contributed by atoms with Crippen molar-refractivity contribution in [1.82, 2.24) is 0 Å². The summed E-state index contributed by atoms with van der Waals surface area (Å²) in [5.41, 5.74) is 0. The quantitative estimate of drug-likeness (QED) is 0.863. The van der Waals surface area contributed by atoms with Crippen molar-refractivity contribution in [2.75, 3.05) is 0 Å². The summed E-state index contributed by atoms with van der Waals surface area (Å²) in [5, 5.41) is 10.2. The fraction of sp³-hybridized carbons (Fsp3) is 0.733. The third-order valence-corrected chi connectivity index (χ3v) is 5.51. The van der Waals surface area contributed by atoms with Gasteiger partial charge in [-0.25, -0.2) is 0 Å². The first-order valence-electron chi connectivity index (χ1n) is 7.22. The van der Waals surface area contributed by atoms with Crippen molar-refractivity contribution in [1.29, 1.82) is 0 Å². The summed E-state index contributed by atoms with van der Waals surface area (Å²) < 4.78 is 37.8. The molecule has 1 nitrogen and oxygen atoms in total. The Labute approximate surface area is 121 Å². The number of aliphatic hydroxyl groups excluding tert-OH is 1. The van der Waals surface area contributed by atoms with E-state index in [1.807, 2.05) is 6.07 Å². The van der Waals surface area contributed by atoms with E-state index in [4.69, 9.17) is 0 Å². The maximum Gasteiger partial charge on any atom is 0.391 e. The van der Waals surface area contributed by atoms with Gasteiger partial charge < -0.3 is 5.11 Å². The normalized spacial score (nSPS) is 25.6. The van der Waals surface area contributed by atoms with Crippen molar-refractivity contribution in [3.63, 3.8) is 0 Å². The van der Waals surface area contributed by atoms with Gasteiger partial charge >= 0.3 is 6.18 Å². The SMILES string of the molecule is CCc1ccc(CC(O)C2CCC(C(F)(F)F)CC2)s1. The lowest BCUT2D eigenvalue weighted by Gasteiger charge is -2.32. The van der Waals surface area contributed by atoms with Crippen molar-refractivity contribution in [3.8, 4) is 0 Å². The first-order valence-corrected chi connectivity index (χ1v) is 8.04. The molecule has 1 atom stereocenters. The average Bonchev–Trinajstić information content (AvgIpc) is 2.85. The molecule has 0 radical (unpaired) electrons. The second-order valence-corrected chi connectivity index (χ2v) is 6.90. The Hall–Kier alpha value is -0.550. The summed E-state index contributed by atoms with van der Waals surface area (Å²) >= 11 is 1.69. The van der Waals surface area contributed by atoms with Crippen LogP contribution in [-0.4, -0.2) is 17.4 Å². The zero-order chi connectivity index (χ0) is 14.8. The second kappa shape index (κ2) is 6.48. The third-order valence-electron chi connectivity index (χ3n) is 4.25. The number of hydrogen-bond acceptors (Lipinski definition) is 2. The van der Waals surface area contributed by atoms with Crippen molar-refractivity contribution in [3.05, 3.63) is 21.9 Å². The van der Waals surface area contributed by atoms with Gasteiger partial charge in [0.1, 0.15) is 0 Å². The van der Waals surface area contributed by atoms with Gasteiger partial charge in [-0.2, -0.15) is 13.2 Å². The molecule has 1 N–H and O–H groups in total. The molecule has 0 amide bonds. The van der Waals surface area contributed by atoms with Crippen LogP contribution in [0.15, 0.2) is 12.1 Å². The summed E-state index contributed by atoms with van der Waals surface area (Å²) in [6.07, 6.45) is -1.73. The number of hydrogen-bond donors (Lipinski definition) is 1. The minimum Gasteiger partial charge on any atom is -0.392 e. The topological polar surface area (TPSA) is 20.2 Å². The lowest BCUT2D eigenvalue weighted by molar-refractivity contribution is -0.185. The molecular weight excluding hydrogens is 285 g/mol. The molecule has 20 heavy (non-hydrogen) atoms. The van der Waals surface area contributed by atoms with Gasteiger partial charge in [-0.3, -0.25) is 0 Å². The number of rotatable bonds is 4. The van der Waals surface area contributed by atoms with E-state index in [0.29, 0.717) is 19.3 Å². The first-order chi connectivity index (χ1) is 9.40. The number of thiophene rings is 1. The van der Waals surface area contributed by atoms with E-state index in [9.17, 15) is 18.3 Å². The molecule has 1 aromatic heterocycles. The van der Waals surface area contributed by atoms with E-state index in [1.165, 1.54) is 4.88 Å². The molecule has 1 aliphatic carbocycles. The molecule has 1 aromatic rings. The molecular formula is C15H21F3OS. The summed E-state index contributed by atoms with van der Waals surface area (Å²) in [7, 11) is 0. The van der Waals surface area contributed by atoms with Crippen LogP contribution in [0.3, 0.4) is 0 Å². The maximum absolute atomic E-state index is 12.6. The Morgan fingerprint density at radius 1 is 1.20 bits per heavy atom. The molecule has 1 aliphatic rings. The maximum atomic E-state index is 12.6. The molecule has 0 aromatic carbocycles. The molecule has 0 bridgehead atoms. The van der Waals surface area contributed by atoms with Gasteiger partial charge in [0, 0.05) is 16.2 Å². The fourth-order valence-electron chi connectivity index (χ4n) is 2.93. The van der Waals surface area contributed by atoms with Gasteiger partial charge in [-0.15, -0.1) is 11.3 Å². The third kappa shape index (κ3) is 3.98. The molecule has 5 heteroatoms. The van der Waals surface area contributed by atoms with E-state index < -0.39 is 18.2 Å². The lowest BCUT2D eigenvalue weighted by Crippen LogP contribution is -2.32. The highest BCUT2D eigenvalue weighted by atomic mass is 32.1. The van der Waals surface area contributed by atoms with Crippen LogP contribution in [0.4, 0.5) is 13.2 Å². The molecule has 114 valence electrons. The molecule has 1 fully saturated rings. The van der Waals surface area contributed by atoms with Crippen LogP contribution < -0.4 is 0 Å². The van der Waals surface area contributed by atoms with Gasteiger partial charge in [-0.05, 0) is 50.2 Å². The molecule has 1 heterocycles. The number of alkyl halides is 3. The van der Waals surface area contributed by atoms with Crippen LogP contribution in [0.25, 0.3) is 0 Å². The summed E-state index contributed by atoms with van der Waals surface area (Å²) in [6.45, 7) is 2.09. The average molecular weight is 306 g/mol. The van der Waals surface area contributed by atoms with Gasteiger partial charge in [0.05, 0.1) is 12.0 Å². The van der Waals surface area contributed by atoms with E-state index in [2.05, 4.69) is 13.0 Å². The van der Waals surface area contributed by atoms with E-state index in [-0.39, 0.29) is 18.8 Å². The van der Waals surface area contributed by atoms with Crippen LogP contribution in [0, 0.1) is 11.8 Å². The Kier molecular flexibility index (Phi) is 5.13. The Morgan fingerprint density at radius 3 is 2.30 bits per heavy atom. The summed E-state index contributed by atoms with van der Waals surface area (Å²) in [5.74, 6) is -1.15. The number of halogens is 3. The molecule has 0 spiro atoms. The molecule has 1 saturated carbocycles. The zero-order valence-electron chi connectivity index (χ0n) is 11.6. The van der Waals surface area contributed by atoms with Crippen LogP contribution in [0.1, 0.15) is 42.4 Å². The highest BCUT2D eigenvalue weighted by Crippen LogP contribution is 2.40. The number of aliphatic hydroxyl groups is 1. The van der Waals surface area contributed by atoms with Crippen LogP contribution in [0.2, 0.25) is 0 Å². The van der Waals surface area contributed by atoms with E-state index in [0.717, 1.165) is 11.3 Å². The minimum atomic E-state index is -4.07. The fourth-order valence-corrected chi connectivity index (χ4v) is 3.93. The zero-order valence-corrected chi connectivity index (χ0v) is 12.4. The predicted octanol–water partition coefficient (Wildman–Crippen LogP) is 4.58. The van der Waals surface area contributed by atoms with Crippen molar-refractivity contribution < 1.29 is 18.3 Å². The highest BCUT2D eigenvalue weighted by molar-refractivity contribution is 7.11. The first kappa shape index (κ1) is 15.8. The standard InChI is InChI=1S/C15H21F3OS/c1-2-12-7-8-13(20-12)9-14(19)10-3-5-11(6-4-10)15(16,17)18/h7-8,10-11,14,19H,2-6,9H2,1H3. The largest absolute Gasteiger partial charge is 0.392 e. The monoisotopic (exact) mass is 306 g/mol. The van der Waals surface area contributed by atoms with Gasteiger partial charge in [0.15, 0.2) is 0 Å². The van der Waals surface area contributed by atoms with Crippen molar-refractivity contribution in [2.24, 2.45) is 11.8 Å². The van der Waals surface area contributed by atoms with Gasteiger partial charge in [0.25, 0.3) is 0 Å². The van der Waals surface area contributed by atoms with Crippen molar-refractivity contribution >= 4 is 11.3 Å². The highest BCUT2D eigenvalue weighted by Gasteiger charge is 2.42. The second-order valence-electron chi connectivity index (χ2n) is 5.65. The molecule has 0 aliphatic heterocycles. The summed E-state index contributed by atoms with van der Waals surface area (Å²) in [6, 6.07) is 4.08. The molecule has 0 saturated heterocycles. The predicted molar refractivity (Wildman–Crippen MR) is 74.9 cm³/mol. The van der Waals surface area contributed by atoms with Gasteiger partial charge in [0.2, 0.25) is 0 Å².